The van der Waals surface area contributed by atoms with Crippen LogP contribution in [0.25, 0.3) is 10.8 Å². The van der Waals surface area contributed by atoms with E-state index < -0.39 is 0 Å². The molecular weight excluding hydrogens is 320 g/mol. The number of amides is 1. The summed E-state index contributed by atoms with van der Waals surface area (Å²) in [7, 11) is 0. The molecule has 1 unspecified atom stereocenters. The Morgan fingerprint density at radius 1 is 1.24 bits per heavy atom. The molecule has 1 atom stereocenters. The fourth-order valence-corrected chi connectivity index (χ4v) is 2.85. The molecule has 0 fully saturated rings. The lowest BCUT2D eigenvalue weighted by atomic mass is 10.1. The lowest BCUT2D eigenvalue weighted by Gasteiger charge is -2.14. The second kappa shape index (κ2) is 6.84. The van der Waals surface area contributed by atoms with Crippen molar-refractivity contribution in [2.45, 2.75) is 39.9 Å². The highest BCUT2D eigenvalue weighted by Crippen LogP contribution is 2.12. The molecule has 3 rings (SSSR count). The quantitative estimate of drug-likeness (QED) is 0.753. The van der Waals surface area contributed by atoms with Gasteiger partial charge in [-0.05, 0) is 26.8 Å². The van der Waals surface area contributed by atoms with Crippen molar-refractivity contribution in [3.8, 4) is 0 Å². The van der Waals surface area contributed by atoms with Crippen LogP contribution in [-0.4, -0.2) is 30.5 Å². The number of carbonyl (C=O) groups is 1. The van der Waals surface area contributed by atoms with E-state index in [1.807, 2.05) is 32.9 Å². The van der Waals surface area contributed by atoms with Gasteiger partial charge in [-0.1, -0.05) is 18.2 Å². The third-order valence-corrected chi connectivity index (χ3v) is 4.06. The Hall–Kier alpha value is -3.03. The highest BCUT2D eigenvalue weighted by atomic mass is 16.2. The molecule has 1 aromatic carbocycles. The smallest absolute Gasteiger partial charge is 0.275 e. The number of nitrogens with one attached hydrogen (secondary N) is 1. The van der Waals surface area contributed by atoms with Gasteiger partial charge in [0.2, 0.25) is 5.91 Å². The summed E-state index contributed by atoms with van der Waals surface area (Å²) < 4.78 is 2.92. The van der Waals surface area contributed by atoms with Crippen molar-refractivity contribution in [2.75, 3.05) is 0 Å². The third kappa shape index (κ3) is 3.28. The summed E-state index contributed by atoms with van der Waals surface area (Å²) in [5, 5.41) is 12.5. The number of carbonyl (C=O) groups excluding carboxylic acids is 1. The SMILES string of the molecule is CCn1ncnc1C(C)NC(=O)Cn1nc(C)c2ccccc2c1=O. The van der Waals surface area contributed by atoms with Gasteiger partial charge in [-0.15, -0.1) is 0 Å². The topological polar surface area (TPSA) is 94.7 Å². The number of rotatable bonds is 5. The van der Waals surface area contributed by atoms with E-state index in [0.717, 1.165) is 5.39 Å². The minimum Gasteiger partial charge on any atom is -0.345 e. The lowest BCUT2D eigenvalue weighted by molar-refractivity contribution is -0.122. The molecule has 1 N–H and O–H groups in total. The molecule has 8 heteroatoms. The predicted molar refractivity (Wildman–Crippen MR) is 93.0 cm³/mol. The first kappa shape index (κ1) is 16.8. The number of fused-ring (bicyclic) bond motifs is 1. The zero-order valence-electron chi connectivity index (χ0n) is 14.4. The van der Waals surface area contributed by atoms with Gasteiger partial charge in [0.1, 0.15) is 18.7 Å². The average Bonchev–Trinajstić information content (AvgIpc) is 3.08. The van der Waals surface area contributed by atoms with Gasteiger partial charge >= 0.3 is 0 Å². The molecule has 8 nitrogen and oxygen atoms in total. The van der Waals surface area contributed by atoms with Gasteiger partial charge in [-0.3, -0.25) is 9.59 Å². The molecule has 2 heterocycles. The molecule has 0 aliphatic carbocycles. The normalized spacial score (nSPS) is 12.3. The highest BCUT2D eigenvalue weighted by molar-refractivity contribution is 5.83. The van der Waals surface area contributed by atoms with Gasteiger partial charge in [0.25, 0.3) is 5.56 Å². The molecule has 2 aromatic heterocycles. The predicted octanol–water partition coefficient (Wildman–Crippen LogP) is 1.19. The van der Waals surface area contributed by atoms with Gasteiger partial charge in [-0.2, -0.15) is 10.2 Å². The van der Waals surface area contributed by atoms with Crippen LogP contribution in [-0.2, 0) is 17.9 Å². The zero-order chi connectivity index (χ0) is 18.0. The fraction of sp³-hybridized carbons (Fsp3) is 0.353. The van der Waals surface area contributed by atoms with Crippen LogP contribution in [0.2, 0.25) is 0 Å². The minimum atomic E-state index is -0.313. The second-order valence-electron chi connectivity index (χ2n) is 5.82. The molecule has 25 heavy (non-hydrogen) atoms. The largest absolute Gasteiger partial charge is 0.345 e. The number of hydrogen-bond donors (Lipinski definition) is 1. The Bertz CT molecular complexity index is 975. The van der Waals surface area contributed by atoms with Crippen LogP contribution in [0.3, 0.4) is 0 Å². The third-order valence-electron chi connectivity index (χ3n) is 4.06. The second-order valence-corrected chi connectivity index (χ2v) is 5.82. The fourth-order valence-electron chi connectivity index (χ4n) is 2.85. The van der Waals surface area contributed by atoms with Crippen molar-refractivity contribution in [1.82, 2.24) is 29.9 Å². The first-order valence-corrected chi connectivity index (χ1v) is 8.14. The average molecular weight is 340 g/mol. The molecule has 0 saturated heterocycles. The molecule has 1 amide bonds. The summed E-state index contributed by atoms with van der Waals surface area (Å²) >= 11 is 0. The van der Waals surface area contributed by atoms with E-state index >= 15 is 0 Å². The number of hydrogen-bond acceptors (Lipinski definition) is 5. The number of aryl methyl sites for hydroxylation is 2. The van der Waals surface area contributed by atoms with E-state index in [-0.39, 0.29) is 24.1 Å². The van der Waals surface area contributed by atoms with Crippen molar-refractivity contribution in [3.63, 3.8) is 0 Å². The summed E-state index contributed by atoms with van der Waals surface area (Å²) in [5.41, 5.74) is 0.433. The molecule has 0 bridgehead atoms. The maximum atomic E-state index is 12.5. The Morgan fingerprint density at radius 3 is 2.68 bits per heavy atom. The van der Waals surface area contributed by atoms with Gasteiger partial charge in [0.05, 0.1) is 17.1 Å². The van der Waals surface area contributed by atoms with Crippen molar-refractivity contribution in [2.24, 2.45) is 0 Å². The lowest BCUT2D eigenvalue weighted by Crippen LogP contribution is -2.36. The molecule has 0 radical (unpaired) electrons. The molecule has 0 aliphatic rings. The van der Waals surface area contributed by atoms with Gasteiger partial charge in [0, 0.05) is 11.9 Å². The maximum absolute atomic E-state index is 12.5. The summed E-state index contributed by atoms with van der Waals surface area (Å²) in [6.45, 7) is 6.13. The van der Waals surface area contributed by atoms with Gasteiger partial charge in [-0.25, -0.2) is 14.3 Å². The van der Waals surface area contributed by atoms with Crippen LogP contribution in [0.5, 0.6) is 0 Å². The summed E-state index contributed by atoms with van der Waals surface area (Å²) in [5.74, 6) is 0.369. The molecule has 130 valence electrons. The molecule has 3 aromatic rings. The van der Waals surface area contributed by atoms with Crippen LogP contribution in [0.4, 0.5) is 0 Å². The van der Waals surface area contributed by atoms with E-state index in [0.29, 0.717) is 23.4 Å². The van der Waals surface area contributed by atoms with Crippen molar-refractivity contribution < 1.29 is 4.79 Å². The minimum absolute atomic E-state index is 0.144. The van der Waals surface area contributed by atoms with E-state index in [2.05, 4.69) is 20.5 Å². The van der Waals surface area contributed by atoms with Crippen LogP contribution >= 0.6 is 0 Å². The molecule has 0 aliphatic heterocycles. The zero-order valence-corrected chi connectivity index (χ0v) is 14.4. The number of nitrogens with zero attached hydrogens (tertiary/aromatic N) is 5. The Morgan fingerprint density at radius 2 is 1.96 bits per heavy atom. The number of benzene rings is 1. The Labute approximate surface area is 144 Å². The van der Waals surface area contributed by atoms with Crippen molar-refractivity contribution >= 4 is 16.7 Å². The van der Waals surface area contributed by atoms with Gasteiger partial charge in [0.15, 0.2) is 0 Å². The molecular formula is C17H20N6O2. The van der Waals surface area contributed by atoms with Gasteiger partial charge < -0.3 is 5.32 Å². The van der Waals surface area contributed by atoms with Crippen LogP contribution in [0, 0.1) is 6.92 Å². The summed E-state index contributed by atoms with van der Waals surface area (Å²) in [6, 6.07) is 6.94. The van der Waals surface area contributed by atoms with E-state index in [4.69, 9.17) is 0 Å². The standard InChI is InChI=1S/C17H20N6O2/c1-4-22-16(18-10-19-22)12(3)20-15(24)9-23-17(25)14-8-6-5-7-13(14)11(2)21-23/h5-8,10,12H,4,9H2,1-3H3,(H,20,24). The van der Waals surface area contributed by atoms with E-state index in [9.17, 15) is 9.59 Å². The van der Waals surface area contributed by atoms with Crippen molar-refractivity contribution in [3.05, 3.63) is 52.5 Å². The van der Waals surface area contributed by atoms with Crippen LogP contribution in [0.1, 0.15) is 31.4 Å². The maximum Gasteiger partial charge on any atom is 0.275 e. The highest BCUT2D eigenvalue weighted by Gasteiger charge is 2.16. The summed E-state index contributed by atoms with van der Waals surface area (Å²) in [4.78, 5) is 29.0. The van der Waals surface area contributed by atoms with Crippen molar-refractivity contribution in [1.29, 1.82) is 0 Å². The molecule has 0 saturated carbocycles. The van der Waals surface area contributed by atoms with E-state index in [1.54, 1.807) is 16.8 Å². The Kier molecular flexibility index (Phi) is 4.60. The molecule has 0 spiro atoms. The van der Waals surface area contributed by atoms with E-state index in [1.165, 1.54) is 11.0 Å². The monoisotopic (exact) mass is 340 g/mol. The Balaban J connectivity index is 1.81. The van der Waals surface area contributed by atoms with Crippen LogP contribution < -0.4 is 10.9 Å². The summed E-state index contributed by atoms with van der Waals surface area (Å²) in [6.07, 6.45) is 1.46. The number of aromatic nitrogens is 5. The first-order chi connectivity index (χ1) is 12.0. The van der Waals surface area contributed by atoms with Crippen LogP contribution in [0.15, 0.2) is 35.4 Å². The first-order valence-electron chi connectivity index (χ1n) is 8.14.